The van der Waals surface area contributed by atoms with Crippen LogP contribution in [0.5, 0.6) is 0 Å². The van der Waals surface area contributed by atoms with Crippen molar-refractivity contribution in [3.8, 4) is 0 Å². The van der Waals surface area contributed by atoms with Crippen LogP contribution in [0.25, 0.3) is 0 Å². The Labute approximate surface area is 123 Å². The molecule has 0 radical (unpaired) electrons. The summed E-state index contributed by atoms with van der Waals surface area (Å²) in [5, 5.41) is 22.9. The molecule has 1 amide bonds. The van der Waals surface area contributed by atoms with Gasteiger partial charge in [0.1, 0.15) is 0 Å². The van der Waals surface area contributed by atoms with E-state index >= 15 is 0 Å². The second-order valence-electron chi connectivity index (χ2n) is 5.67. The summed E-state index contributed by atoms with van der Waals surface area (Å²) in [6.07, 6.45) is 1.16. The minimum absolute atomic E-state index is 0.0239. The van der Waals surface area contributed by atoms with Crippen molar-refractivity contribution in [1.82, 2.24) is 5.32 Å². The highest BCUT2D eigenvalue weighted by atomic mass is 35.5. The molecule has 0 aliphatic heterocycles. The van der Waals surface area contributed by atoms with Crippen LogP contribution in [-0.2, 0) is 4.79 Å². The van der Waals surface area contributed by atoms with Crippen molar-refractivity contribution < 1.29 is 15.0 Å². The van der Waals surface area contributed by atoms with Gasteiger partial charge in [-0.05, 0) is 43.4 Å². The highest BCUT2D eigenvalue weighted by Gasteiger charge is 2.42. The van der Waals surface area contributed by atoms with E-state index in [-0.39, 0.29) is 18.9 Å². The molecule has 2 unspecified atom stereocenters. The summed E-state index contributed by atoms with van der Waals surface area (Å²) in [4.78, 5) is 12.0. The summed E-state index contributed by atoms with van der Waals surface area (Å²) < 4.78 is 0. The first-order chi connectivity index (χ1) is 9.44. The highest BCUT2D eigenvalue weighted by Crippen LogP contribution is 2.39. The summed E-state index contributed by atoms with van der Waals surface area (Å²) in [6.45, 7) is 1.76. The third kappa shape index (κ3) is 3.72. The number of aliphatic hydroxyl groups is 2. The van der Waals surface area contributed by atoms with Gasteiger partial charge in [0.2, 0.25) is 5.91 Å². The number of nitrogens with one attached hydrogen (secondary N) is 1. The molecule has 4 nitrogen and oxygen atoms in total. The molecule has 1 aliphatic carbocycles. The van der Waals surface area contributed by atoms with Crippen LogP contribution >= 0.6 is 11.6 Å². The molecule has 3 N–H and O–H groups in total. The molecule has 5 heteroatoms. The van der Waals surface area contributed by atoms with E-state index in [2.05, 4.69) is 5.32 Å². The Morgan fingerprint density at radius 3 is 2.55 bits per heavy atom. The molecule has 1 saturated carbocycles. The predicted octanol–water partition coefficient (Wildman–Crippen LogP) is 2.04. The fourth-order valence-electron chi connectivity index (χ4n) is 2.34. The summed E-state index contributed by atoms with van der Waals surface area (Å²) in [5.41, 5.74) is 0.0817. The Balaban J connectivity index is 1.92. The molecular weight excluding hydrogens is 278 g/mol. The van der Waals surface area contributed by atoms with Crippen molar-refractivity contribution in [3.63, 3.8) is 0 Å². The monoisotopic (exact) mass is 297 g/mol. The van der Waals surface area contributed by atoms with Gasteiger partial charge in [0.05, 0.1) is 24.7 Å². The van der Waals surface area contributed by atoms with Crippen molar-refractivity contribution >= 4 is 17.5 Å². The van der Waals surface area contributed by atoms with Crippen LogP contribution in [0.15, 0.2) is 24.3 Å². The van der Waals surface area contributed by atoms with Crippen LogP contribution < -0.4 is 5.32 Å². The molecule has 0 saturated heterocycles. The van der Waals surface area contributed by atoms with E-state index in [4.69, 9.17) is 11.6 Å². The highest BCUT2D eigenvalue weighted by molar-refractivity contribution is 6.30. The zero-order valence-electron chi connectivity index (χ0n) is 11.5. The number of rotatable bonds is 6. The van der Waals surface area contributed by atoms with E-state index < -0.39 is 11.6 Å². The number of benzene rings is 1. The lowest BCUT2D eigenvalue weighted by Crippen LogP contribution is -2.51. The van der Waals surface area contributed by atoms with Gasteiger partial charge in [-0.2, -0.15) is 0 Å². The summed E-state index contributed by atoms with van der Waals surface area (Å²) in [5.74, 6) is 0.0834. The van der Waals surface area contributed by atoms with Crippen molar-refractivity contribution in [3.05, 3.63) is 34.9 Å². The molecule has 1 aliphatic rings. The second kappa shape index (κ2) is 6.12. The minimum atomic E-state index is -0.866. The normalized spacial score (nSPS) is 19.2. The zero-order chi connectivity index (χ0) is 14.8. The minimum Gasteiger partial charge on any atom is -0.394 e. The molecule has 0 bridgehead atoms. The van der Waals surface area contributed by atoms with Crippen LogP contribution in [0.3, 0.4) is 0 Å². The number of hydrogen-bond donors (Lipinski definition) is 3. The molecule has 2 atom stereocenters. The van der Waals surface area contributed by atoms with E-state index in [1.165, 1.54) is 0 Å². The summed E-state index contributed by atoms with van der Waals surface area (Å²) in [7, 11) is 0. The van der Waals surface area contributed by atoms with Gasteiger partial charge in [-0.15, -0.1) is 0 Å². The Kier molecular flexibility index (Phi) is 4.68. The van der Waals surface area contributed by atoms with Crippen molar-refractivity contribution in [2.24, 2.45) is 5.92 Å². The Bertz CT molecular complexity index is 473. The lowest BCUT2D eigenvalue weighted by molar-refractivity contribution is -0.125. The number of carbonyl (C=O) groups excluding carboxylic acids is 1. The van der Waals surface area contributed by atoms with Gasteiger partial charge in [0.15, 0.2) is 0 Å². The van der Waals surface area contributed by atoms with Crippen molar-refractivity contribution in [2.75, 3.05) is 6.61 Å². The predicted molar refractivity (Wildman–Crippen MR) is 77.4 cm³/mol. The average molecular weight is 298 g/mol. The van der Waals surface area contributed by atoms with Crippen LogP contribution in [0.2, 0.25) is 5.02 Å². The fraction of sp³-hybridized carbons (Fsp3) is 0.533. The van der Waals surface area contributed by atoms with Crippen LogP contribution in [0.1, 0.15) is 37.9 Å². The van der Waals surface area contributed by atoms with Crippen LogP contribution in [-0.4, -0.2) is 28.3 Å². The van der Waals surface area contributed by atoms with Gasteiger partial charge in [-0.25, -0.2) is 0 Å². The number of hydrogen-bond acceptors (Lipinski definition) is 3. The van der Waals surface area contributed by atoms with E-state index in [9.17, 15) is 15.0 Å². The summed E-state index contributed by atoms with van der Waals surface area (Å²) >= 11 is 5.78. The first-order valence-corrected chi connectivity index (χ1v) is 7.18. The molecule has 1 aromatic carbocycles. The largest absolute Gasteiger partial charge is 0.394 e. The molecular formula is C15H20ClNO3. The van der Waals surface area contributed by atoms with E-state index in [0.717, 1.165) is 12.8 Å². The quantitative estimate of drug-likeness (QED) is 0.752. The molecule has 2 rings (SSSR count). The number of aliphatic hydroxyl groups excluding tert-OH is 2. The SMILES string of the molecule is CC(CO)(NC(=O)CC(O)c1ccc(Cl)cc1)C1CC1. The van der Waals surface area contributed by atoms with Gasteiger partial charge < -0.3 is 15.5 Å². The average Bonchev–Trinajstić information content (AvgIpc) is 3.23. The lowest BCUT2D eigenvalue weighted by Gasteiger charge is -2.29. The molecule has 0 aromatic heterocycles. The van der Waals surface area contributed by atoms with Crippen LogP contribution in [0.4, 0.5) is 0 Å². The van der Waals surface area contributed by atoms with Crippen LogP contribution in [0, 0.1) is 5.92 Å². The summed E-state index contributed by atoms with van der Waals surface area (Å²) in [6, 6.07) is 6.76. The standard InChI is InChI=1S/C15H20ClNO3/c1-15(9-18,11-4-5-11)17-14(20)8-13(19)10-2-6-12(16)7-3-10/h2-3,6-7,11,13,18-19H,4-5,8-9H2,1H3,(H,17,20). The second-order valence-corrected chi connectivity index (χ2v) is 6.11. The van der Waals surface area contributed by atoms with Gasteiger partial charge >= 0.3 is 0 Å². The van der Waals surface area contributed by atoms with Gasteiger partial charge in [-0.1, -0.05) is 23.7 Å². The molecule has 0 heterocycles. The lowest BCUT2D eigenvalue weighted by atomic mass is 9.96. The topological polar surface area (TPSA) is 69.6 Å². The first kappa shape index (κ1) is 15.3. The molecule has 20 heavy (non-hydrogen) atoms. The molecule has 0 spiro atoms. The third-order valence-corrected chi connectivity index (χ3v) is 4.12. The van der Waals surface area contributed by atoms with E-state index in [0.29, 0.717) is 16.5 Å². The number of amides is 1. The van der Waals surface area contributed by atoms with Crippen molar-refractivity contribution in [1.29, 1.82) is 0 Å². The van der Waals surface area contributed by atoms with Gasteiger partial charge in [0, 0.05) is 5.02 Å². The van der Waals surface area contributed by atoms with E-state index in [1.807, 2.05) is 6.92 Å². The van der Waals surface area contributed by atoms with Gasteiger partial charge in [-0.3, -0.25) is 4.79 Å². The molecule has 110 valence electrons. The maximum Gasteiger partial charge on any atom is 0.223 e. The number of carbonyl (C=O) groups is 1. The Hall–Kier alpha value is -1.10. The third-order valence-electron chi connectivity index (χ3n) is 3.87. The fourth-order valence-corrected chi connectivity index (χ4v) is 2.47. The first-order valence-electron chi connectivity index (χ1n) is 6.80. The number of halogens is 1. The maximum absolute atomic E-state index is 12.0. The Morgan fingerprint density at radius 2 is 2.05 bits per heavy atom. The molecule has 1 fully saturated rings. The maximum atomic E-state index is 12.0. The Morgan fingerprint density at radius 1 is 1.45 bits per heavy atom. The smallest absolute Gasteiger partial charge is 0.223 e. The zero-order valence-corrected chi connectivity index (χ0v) is 12.2. The van der Waals surface area contributed by atoms with Crippen molar-refractivity contribution in [2.45, 2.75) is 37.8 Å². The van der Waals surface area contributed by atoms with Gasteiger partial charge in [0.25, 0.3) is 0 Å². The van der Waals surface area contributed by atoms with E-state index in [1.54, 1.807) is 24.3 Å². The molecule has 1 aromatic rings.